The molecular weight excluding hydrogens is 420 g/mol. The Bertz CT molecular complexity index is 774. The second kappa shape index (κ2) is 15.0. The van der Waals surface area contributed by atoms with Crippen LogP contribution in [-0.4, -0.2) is 37.0 Å². The van der Waals surface area contributed by atoms with Crippen LogP contribution in [0.2, 0.25) is 0 Å². The molecule has 1 N–H and O–H groups in total. The maximum atomic E-state index is 12.3. The van der Waals surface area contributed by atoms with Gasteiger partial charge in [0.25, 0.3) is 0 Å². The van der Waals surface area contributed by atoms with Crippen LogP contribution >= 0.6 is 0 Å². The van der Waals surface area contributed by atoms with Crippen molar-refractivity contribution in [3.63, 3.8) is 0 Å². The number of carbonyl (C=O) groups is 2. The second-order valence-corrected chi connectivity index (χ2v) is 9.40. The molecule has 0 aromatic heterocycles. The van der Waals surface area contributed by atoms with Crippen molar-refractivity contribution in [3.8, 4) is 0 Å². The third kappa shape index (κ3) is 11.3. The number of ether oxygens (including phenoxy) is 2. The highest BCUT2D eigenvalue weighted by Gasteiger charge is 2.25. The number of hydrogen-bond acceptors (Lipinski definition) is 6. The number of benzene rings is 1. The molecule has 0 fully saturated rings. The summed E-state index contributed by atoms with van der Waals surface area (Å²) in [7, 11) is -4.53. The van der Waals surface area contributed by atoms with E-state index < -0.39 is 27.5 Å². The standard InChI is InChI=1S/C23H36O7S/c1-3-4-5-6-7-8-9-10-11-12-15-18-29-22(24)20-16-13-14-17-21(20)23(25)30-19(2)31(26,27)28/h13-14,16-17,19H,3-12,15,18H2,1-2H3,(H,26,27,28). The molecule has 0 aliphatic heterocycles. The summed E-state index contributed by atoms with van der Waals surface area (Å²) in [5.41, 5.74) is -1.85. The van der Waals surface area contributed by atoms with Gasteiger partial charge in [0.1, 0.15) is 0 Å². The molecule has 1 aromatic carbocycles. The minimum absolute atomic E-state index is 0.00175. The Morgan fingerprint density at radius 1 is 0.839 bits per heavy atom. The van der Waals surface area contributed by atoms with E-state index in [1.54, 1.807) is 6.07 Å². The van der Waals surface area contributed by atoms with E-state index in [9.17, 15) is 18.0 Å². The van der Waals surface area contributed by atoms with Crippen molar-refractivity contribution < 1.29 is 32.0 Å². The summed E-state index contributed by atoms with van der Waals surface area (Å²) in [5, 5.41) is 0. The molecule has 0 aliphatic rings. The van der Waals surface area contributed by atoms with Gasteiger partial charge in [0.2, 0.25) is 5.44 Å². The minimum atomic E-state index is -4.53. The Kier molecular flexibility index (Phi) is 13.1. The van der Waals surface area contributed by atoms with Gasteiger partial charge in [0, 0.05) is 0 Å². The maximum Gasteiger partial charge on any atom is 0.340 e. The minimum Gasteiger partial charge on any atom is -0.462 e. The fourth-order valence-corrected chi connectivity index (χ4v) is 3.33. The van der Waals surface area contributed by atoms with Gasteiger partial charge < -0.3 is 9.47 Å². The van der Waals surface area contributed by atoms with Crippen LogP contribution in [0, 0.1) is 0 Å². The summed E-state index contributed by atoms with van der Waals surface area (Å²) >= 11 is 0. The summed E-state index contributed by atoms with van der Waals surface area (Å²) in [6.45, 7) is 3.50. The van der Waals surface area contributed by atoms with Crippen molar-refractivity contribution in [1.82, 2.24) is 0 Å². The van der Waals surface area contributed by atoms with Crippen LogP contribution in [-0.2, 0) is 19.6 Å². The van der Waals surface area contributed by atoms with E-state index >= 15 is 0 Å². The first-order valence-electron chi connectivity index (χ1n) is 11.2. The van der Waals surface area contributed by atoms with E-state index in [1.807, 2.05) is 0 Å². The summed E-state index contributed by atoms with van der Waals surface area (Å²) < 4.78 is 41.0. The smallest absolute Gasteiger partial charge is 0.340 e. The number of hydrogen-bond donors (Lipinski definition) is 1. The highest BCUT2D eigenvalue weighted by molar-refractivity contribution is 7.86. The van der Waals surface area contributed by atoms with Crippen LogP contribution < -0.4 is 0 Å². The Hall–Kier alpha value is -1.93. The van der Waals surface area contributed by atoms with Crippen molar-refractivity contribution >= 4 is 22.1 Å². The maximum absolute atomic E-state index is 12.3. The number of rotatable bonds is 16. The Morgan fingerprint density at radius 2 is 1.29 bits per heavy atom. The van der Waals surface area contributed by atoms with Gasteiger partial charge in [0.05, 0.1) is 17.7 Å². The van der Waals surface area contributed by atoms with Gasteiger partial charge in [0.15, 0.2) is 0 Å². The summed E-state index contributed by atoms with van der Waals surface area (Å²) in [4.78, 5) is 24.5. The zero-order valence-corrected chi connectivity index (χ0v) is 19.5. The van der Waals surface area contributed by atoms with Crippen molar-refractivity contribution in [3.05, 3.63) is 35.4 Å². The Morgan fingerprint density at radius 3 is 1.77 bits per heavy atom. The third-order valence-corrected chi connectivity index (χ3v) is 5.98. The molecule has 0 saturated heterocycles. The Labute approximate surface area is 186 Å². The van der Waals surface area contributed by atoms with Crippen molar-refractivity contribution in [2.45, 2.75) is 89.9 Å². The highest BCUT2D eigenvalue weighted by atomic mass is 32.2. The number of esters is 2. The SMILES string of the molecule is CCCCCCCCCCCCCOC(=O)c1ccccc1C(=O)OC(C)S(=O)(=O)O. The summed E-state index contributed by atoms with van der Waals surface area (Å²) in [6, 6.07) is 5.85. The molecule has 1 unspecified atom stereocenters. The molecule has 31 heavy (non-hydrogen) atoms. The molecule has 1 aromatic rings. The van der Waals surface area contributed by atoms with E-state index in [2.05, 4.69) is 6.92 Å². The molecule has 0 amide bonds. The fourth-order valence-electron chi connectivity index (χ4n) is 3.12. The summed E-state index contributed by atoms with van der Waals surface area (Å²) in [5.74, 6) is -1.69. The van der Waals surface area contributed by atoms with Crippen LogP contribution in [0.15, 0.2) is 24.3 Å². The van der Waals surface area contributed by atoms with Gasteiger partial charge in [-0.2, -0.15) is 8.42 Å². The van der Waals surface area contributed by atoms with E-state index in [4.69, 9.17) is 14.0 Å². The lowest BCUT2D eigenvalue weighted by molar-refractivity contribution is 0.0425. The van der Waals surface area contributed by atoms with Crippen LogP contribution in [0.25, 0.3) is 0 Å². The van der Waals surface area contributed by atoms with E-state index in [1.165, 1.54) is 69.6 Å². The van der Waals surface area contributed by atoms with E-state index in [0.717, 1.165) is 26.2 Å². The predicted molar refractivity (Wildman–Crippen MR) is 120 cm³/mol. The van der Waals surface area contributed by atoms with Crippen LogP contribution in [0.1, 0.15) is 105 Å². The molecular formula is C23H36O7S. The highest BCUT2D eigenvalue weighted by Crippen LogP contribution is 2.15. The average Bonchev–Trinajstić information content (AvgIpc) is 2.73. The lowest BCUT2D eigenvalue weighted by Gasteiger charge is -2.12. The van der Waals surface area contributed by atoms with Gasteiger partial charge in [-0.3, -0.25) is 4.55 Å². The van der Waals surface area contributed by atoms with Crippen molar-refractivity contribution in [1.29, 1.82) is 0 Å². The molecule has 1 rings (SSSR count). The third-order valence-electron chi connectivity index (χ3n) is 5.04. The number of unbranched alkanes of at least 4 members (excludes halogenated alkanes) is 10. The molecule has 0 radical (unpaired) electrons. The number of carbonyl (C=O) groups excluding carboxylic acids is 2. The average molecular weight is 457 g/mol. The van der Waals surface area contributed by atoms with Crippen LogP contribution in [0.3, 0.4) is 0 Å². The van der Waals surface area contributed by atoms with Crippen molar-refractivity contribution in [2.75, 3.05) is 6.61 Å². The van der Waals surface area contributed by atoms with Crippen molar-refractivity contribution in [2.24, 2.45) is 0 Å². The molecule has 0 heterocycles. The van der Waals surface area contributed by atoms with Gasteiger partial charge >= 0.3 is 22.1 Å². The Balaban J connectivity index is 2.32. The topological polar surface area (TPSA) is 107 Å². The summed E-state index contributed by atoms with van der Waals surface area (Å²) in [6.07, 6.45) is 13.1. The van der Waals surface area contributed by atoms with E-state index in [-0.39, 0.29) is 17.7 Å². The van der Waals surface area contributed by atoms with Gasteiger partial charge in [-0.05, 0) is 25.5 Å². The largest absolute Gasteiger partial charge is 0.462 e. The predicted octanol–water partition coefficient (Wildman–Crippen LogP) is 5.55. The zero-order valence-electron chi connectivity index (χ0n) is 18.7. The van der Waals surface area contributed by atoms with Gasteiger partial charge in [-0.25, -0.2) is 9.59 Å². The molecule has 0 spiro atoms. The van der Waals surface area contributed by atoms with Crippen LogP contribution in [0.5, 0.6) is 0 Å². The first-order chi connectivity index (χ1) is 14.8. The van der Waals surface area contributed by atoms with E-state index in [0.29, 0.717) is 0 Å². The first kappa shape index (κ1) is 27.1. The second-order valence-electron chi connectivity index (χ2n) is 7.70. The molecule has 1 atom stereocenters. The molecule has 0 aliphatic carbocycles. The molecule has 0 saturated carbocycles. The van der Waals surface area contributed by atoms with Crippen LogP contribution in [0.4, 0.5) is 0 Å². The quantitative estimate of drug-likeness (QED) is 0.197. The molecule has 8 heteroatoms. The first-order valence-corrected chi connectivity index (χ1v) is 12.7. The fraction of sp³-hybridized carbons (Fsp3) is 0.652. The zero-order chi connectivity index (χ0) is 23.1. The van der Waals surface area contributed by atoms with Gasteiger partial charge in [-0.15, -0.1) is 0 Å². The normalized spacial score (nSPS) is 12.4. The lowest BCUT2D eigenvalue weighted by atomic mass is 10.1. The lowest BCUT2D eigenvalue weighted by Crippen LogP contribution is -2.25. The molecule has 7 nitrogen and oxygen atoms in total. The van der Waals surface area contributed by atoms with Gasteiger partial charge in [-0.1, -0.05) is 83.3 Å². The monoisotopic (exact) mass is 456 g/mol. The molecule has 176 valence electrons. The molecule has 0 bridgehead atoms.